The first-order valence-electron chi connectivity index (χ1n) is 11.2. The van der Waals surface area contributed by atoms with E-state index in [0.717, 1.165) is 74.1 Å². The van der Waals surface area contributed by atoms with Gasteiger partial charge in [-0.25, -0.2) is 0 Å². The Balaban J connectivity index is 1.66. The van der Waals surface area contributed by atoms with Crippen LogP contribution in [0.25, 0.3) is 12.2 Å². The number of piperidine rings is 2. The molecule has 2 saturated heterocycles. The van der Waals surface area contributed by atoms with E-state index in [1.165, 1.54) is 0 Å². The molecule has 30 heavy (non-hydrogen) atoms. The lowest BCUT2D eigenvalue weighted by atomic mass is 9.88. The lowest BCUT2D eigenvalue weighted by Crippen LogP contribution is -2.55. The van der Waals surface area contributed by atoms with Crippen LogP contribution in [-0.2, 0) is 4.79 Å². The monoisotopic (exact) mass is 400 g/mol. The number of hydrogen-bond donors (Lipinski definition) is 0. The van der Waals surface area contributed by atoms with Gasteiger partial charge in [0.25, 0.3) is 0 Å². The summed E-state index contributed by atoms with van der Waals surface area (Å²) in [5.41, 5.74) is 4.49. The van der Waals surface area contributed by atoms with Gasteiger partial charge in [0, 0.05) is 24.5 Å². The van der Waals surface area contributed by atoms with Gasteiger partial charge < -0.3 is 9.80 Å². The number of Topliss-reactive ketones (excluding diaryl/α,β-unsaturated/α-hetero) is 1. The van der Waals surface area contributed by atoms with Crippen molar-refractivity contribution in [2.75, 3.05) is 22.9 Å². The molecular weight excluding hydrogens is 368 g/mol. The van der Waals surface area contributed by atoms with Crippen molar-refractivity contribution in [1.29, 1.82) is 0 Å². The molecule has 0 N–H and O–H groups in total. The molecule has 3 heteroatoms. The number of nitrogens with zero attached hydrogens (tertiary/aromatic N) is 2. The van der Waals surface area contributed by atoms with Crippen LogP contribution in [0.3, 0.4) is 0 Å². The molecule has 4 rings (SSSR count). The largest absolute Gasteiger partial charge is 0.361 e. The fraction of sp³-hybridized carbons (Fsp3) is 0.370. The van der Waals surface area contributed by atoms with Crippen LogP contribution in [0.15, 0.2) is 61.7 Å². The molecule has 0 amide bonds. The average molecular weight is 401 g/mol. The fourth-order valence-electron chi connectivity index (χ4n) is 5.10. The Morgan fingerprint density at radius 1 is 0.733 bits per heavy atom. The van der Waals surface area contributed by atoms with Gasteiger partial charge in [-0.2, -0.15) is 0 Å². The van der Waals surface area contributed by atoms with Crippen LogP contribution < -0.4 is 9.80 Å². The topological polar surface area (TPSA) is 23.6 Å². The van der Waals surface area contributed by atoms with Gasteiger partial charge in [0.15, 0.2) is 5.78 Å². The predicted octanol–water partition coefficient (Wildman–Crippen LogP) is 5.96. The Kier molecular flexibility index (Phi) is 6.37. The van der Waals surface area contributed by atoms with Gasteiger partial charge in [0.2, 0.25) is 0 Å². The molecule has 2 unspecified atom stereocenters. The third-order valence-corrected chi connectivity index (χ3v) is 6.59. The summed E-state index contributed by atoms with van der Waals surface area (Å²) in [5, 5.41) is 0. The third kappa shape index (κ3) is 3.94. The van der Waals surface area contributed by atoms with Gasteiger partial charge >= 0.3 is 0 Å². The van der Waals surface area contributed by atoms with Crippen LogP contribution in [0.2, 0.25) is 0 Å². The Morgan fingerprint density at radius 2 is 1.17 bits per heavy atom. The van der Waals surface area contributed by atoms with Crippen molar-refractivity contribution in [1.82, 2.24) is 0 Å². The number of carbonyl (C=O) groups excluding carboxylic acids is 1. The van der Waals surface area contributed by atoms with Crippen molar-refractivity contribution in [3.05, 3.63) is 72.8 Å². The first-order chi connectivity index (χ1) is 14.7. The number of benzene rings is 2. The van der Waals surface area contributed by atoms with Crippen molar-refractivity contribution >= 4 is 29.3 Å². The van der Waals surface area contributed by atoms with Gasteiger partial charge in [-0.3, -0.25) is 4.79 Å². The van der Waals surface area contributed by atoms with Crippen LogP contribution in [0.4, 0.5) is 11.4 Å². The molecule has 2 aromatic rings. The van der Waals surface area contributed by atoms with E-state index < -0.39 is 0 Å². The van der Waals surface area contributed by atoms with Crippen LogP contribution in [-0.4, -0.2) is 31.0 Å². The van der Waals surface area contributed by atoms with Gasteiger partial charge in [0.05, 0.1) is 12.1 Å². The Bertz CT molecular complexity index is 845. The number of ketones is 1. The summed E-state index contributed by atoms with van der Waals surface area (Å²) in [4.78, 5) is 18.7. The van der Waals surface area contributed by atoms with E-state index in [1.807, 2.05) is 24.3 Å². The summed E-state index contributed by atoms with van der Waals surface area (Å²) in [6.07, 6.45) is 10.1. The van der Waals surface area contributed by atoms with Crippen LogP contribution in [0, 0.1) is 0 Å². The van der Waals surface area contributed by atoms with E-state index in [2.05, 4.69) is 59.4 Å². The van der Waals surface area contributed by atoms with E-state index in [-0.39, 0.29) is 12.1 Å². The molecule has 0 spiro atoms. The zero-order valence-corrected chi connectivity index (χ0v) is 17.8. The highest BCUT2D eigenvalue weighted by molar-refractivity contribution is 5.95. The summed E-state index contributed by atoms with van der Waals surface area (Å²) in [7, 11) is 0. The quantitative estimate of drug-likeness (QED) is 0.598. The Labute approximate surface area is 180 Å². The molecule has 0 saturated carbocycles. The summed E-state index contributed by atoms with van der Waals surface area (Å²) in [6, 6.07) is 16.5. The molecule has 2 aliphatic heterocycles. The highest BCUT2D eigenvalue weighted by Crippen LogP contribution is 2.34. The van der Waals surface area contributed by atoms with E-state index in [0.29, 0.717) is 5.78 Å². The molecule has 2 atom stereocenters. The zero-order valence-electron chi connectivity index (χ0n) is 17.8. The number of anilines is 2. The van der Waals surface area contributed by atoms with Gasteiger partial charge in [-0.1, -0.05) is 61.7 Å². The SMILES string of the molecule is C=Cc1ccccc1N1CCCCC1C(=O)C1CCCCN1c1ccccc1C=C. The smallest absolute Gasteiger partial charge is 0.177 e. The first-order valence-corrected chi connectivity index (χ1v) is 11.2. The molecular formula is C27H32N2O. The lowest BCUT2D eigenvalue weighted by Gasteiger charge is -2.43. The number of para-hydroxylation sites is 2. The van der Waals surface area contributed by atoms with Crippen LogP contribution in [0.1, 0.15) is 49.7 Å². The maximum atomic E-state index is 14.0. The van der Waals surface area contributed by atoms with Crippen molar-refractivity contribution < 1.29 is 4.79 Å². The van der Waals surface area contributed by atoms with Crippen molar-refractivity contribution in [2.45, 2.75) is 50.6 Å². The zero-order chi connectivity index (χ0) is 20.9. The molecule has 0 bridgehead atoms. The lowest BCUT2D eigenvalue weighted by molar-refractivity contribution is -0.122. The van der Waals surface area contributed by atoms with E-state index >= 15 is 0 Å². The third-order valence-electron chi connectivity index (χ3n) is 6.59. The minimum Gasteiger partial charge on any atom is -0.361 e. The molecule has 2 aromatic carbocycles. The maximum Gasteiger partial charge on any atom is 0.177 e. The van der Waals surface area contributed by atoms with Crippen molar-refractivity contribution in [3.63, 3.8) is 0 Å². The molecule has 2 heterocycles. The normalized spacial score (nSPS) is 21.9. The molecule has 0 aliphatic carbocycles. The van der Waals surface area contributed by atoms with Crippen molar-refractivity contribution in [3.8, 4) is 0 Å². The highest BCUT2D eigenvalue weighted by Gasteiger charge is 2.38. The number of hydrogen-bond acceptors (Lipinski definition) is 3. The second kappa shape index (κ2) is 9.34. The minimum absolute atomic E-state index is 0.0682. The van der Waals surface area contributed by atoms with Crippen molar-refractivity contribution in [2.24, 2.45) is 0 Å². The molecule has 2 aliphatic rings. The van der Waals surface area contributed by atoms with Crippen LogP contribution in [0.5, 0.6) is 0 Å². The minimum atomic E-state index is -0.0682. The van der Waals surface area contributed by atoms with Gasteiger partial charge in [-0.15, -0.1) is 0 Å². The summed E-state index contributed by atoms with van der Waals surface area (Å²) in [6.45, 7) is 9.83. The Hall–Kier alpha value is -2.81. The summed E-state index contributed by atoms with van der Waals surface area (Å²) < 4.78 is 0. The van der Waals surface area contributed by atoms with Gasteiger partial charge in [0.1, 0.15) is 0 Å². The predicted molar refractivity (Wildman–Crippen MR) is 128 cm³/mol. The molecule has 3 nitrogen and oxygen atoms in total. The Morgan fingerprint density at radius 3 is 1.60 bits per heavy atom. The van der Waals surface area contributed by atoms with E-state index in [9.17, 15) is 4.79 Å². The summed E-state index contributed by atoms with van der Waals surface area (Å²) >= 11 is 0. The molecule has 2 fully saturated rings. The maximum absolute atomic E-state index is 14.0. The number of rotatable bonds is 6. The standard InChI is InChI=1S/C27H32N2O/c1-3-21-13-5-7-15-23(21)28-19-11-9-17-25(28)27(30)26-18-10-12-20-29(26)24-16-8-6-14-22(24)4-2/h3-8,13-16,25-26H,1-2,9-12,17-20H2. The summed E-state index contributed by atoms with van der Waals surface area (Å²) in [5.74, 6) is 0.368. The fourth-order valence-corrected chi connectivity index (χ4v) is 5.10. The first kappa shape index (κ1) is 20.5. The highest BCUT2D eigenvalue weighted by atomic mass is 16.1. The molecule has 156 valence electrons. The number of carbonyl (C=O) groups is 1. The molecule has 0 radical (unpaired) electrons. The van der Waals surface area contributed by atoms with Gasteiger partial charge in [-0.05, 0) is 61.8 Å². The average Bonchev–Trinajstić information content (AvgIpc) is 2.83. The van der Waals surface area contributed by atoms with E-state index in [1.54, 1.807) is 0 Å². The van der Waals surface area contributed by atoms with E-state index in [4.69, 9.17) is 0 Å². The van der Waals surface area contributed by atoms with Crippen LogP contribution >= 0.6 is 0 Å². The second-order valence-electron chi connectivity index (χ2n) is 8.34. The second-order valence-corrected chi connectivity index (χ2v) is 8.34. The molecule has 0 aromatic heterocycles.